The van der Waals surface area contributed by atoms with Crippen LogP contribution in [0.3, 0.4) is 0 Å². The van der Waals surface area contributed by atoms with E-state index in [9.17, 15) is 4.79 Å². The summed E-state index contributed by atoms with van der Waals surface area (Å²) in [5, 5.41) is 0. The highest BCUT2D eigenvalue weighted by molar-refractivity contribution is 6.15. The fourth-order valence-corrected chi connectivity index (χ4v) is 3.68. The van der Waals surface area contributed by atoms with Crippen molar-refractivity contribution in [3.63, 3.8) is 0 Å². The first-order valence-corrected chi connectivity index (χ1v) is 9.70. The Morgan fingerprint density at radius 2 is 1.97 bits per heavy atom. The second kappa shape index (κ2) is 7.89. The standard InChI is InChI=1S/C23H26N2O4/c1-15-22-17(13-25(14-28-22)9-10-27-4)12-19-21(26)20(29-23(15)19)11-16-5-7-18(8-6-16)24(2)3/h5-8,11-12H,9-10,13-14H2,1-4H3/b20-11-. The quantitative estimate of drug-likeness (QED) is 0.724. The molecule has 0 atom stereocenters. The summed E-state index contributed by atoms with van der Waals surface area (Å²) in [4.78, 5) is 17.2. The maximum atomic E-state index is 13.0. The number of fused-ring (bicyclic) bond motifs is 2. The molecule has 0 aliphatic carbocycles. The van der Waals surface area contributed by atoms with Gasteiger partial charge in [0, 0.05) is 51.1 Å². The topological polar surface area (TPSA) is 51.2 Å². The predicted octanol–water partition coefficient (Wildman–Crippen LogP) is 3.48. The van der Waals surface area contributed by atoms with Gasteiger partial charge in [0.25, 0.3) is 0 Å². The molecule has 0 unspecified atom stereocenters. The molecule has 0 saturated heterocycles. The van der Waals surface area contributed by atoms with Crippen LogP contribution in [0.15, 0.2) is 36.1 Å². The van der Waals surface area contributed by atoms with Crippen LogP contribution >= 0.6 is 0 Å². The molecular formula is C23H26N2O4. The number of ketones is 1. The van der Waals surface area contributed by atoms with Crippen LogP contribution in [-0.4, -0.2) is 51.8 Å². The van der Waals surface area contributed by atoms with Gasteiger partial charge in [0.05, 0.1) is 12.2 Å². The average molecular weight is 394 g/mol. The Hall–Kier alpha value is -2.83. The molecule has 2 heterocycles. The number of carbonyl (C=O) groups excluding carboxylic acids is 1. The molecule has 6 nitrogen and oxygen atoms in total. The van der Waals surface area contributed by atoms with Gasteiger partial charge in [-0.15, -0.1) is 0 Å². The van der Waals surface area contributed by atoms with Gasteiger partial charge in [-0.1, -0.05) is 12.1 Å². The Bertz CT molecular complexity index is 964. The van der Waals surface area contributed by atoms with Gasteiger partial charge in [0.1, 0.15) is 18.2 Å². The molecule has 2 aromatic rings. The Morgan fingerprint density at radius 1 is 1.21 bits per heavy atom. The van der Waals surface area contributed by atoms with Crippen LogP contribution in [0.1, 0.15) is 27.0 Å². The lowest BCUT2D eigenvalue weighted by Crippen LogP contribution is -2.34. The summed E-state index contributed by atoms with van der Waals surface area (Å²) in [5.74, 6) is 1.69. The maximum Gasteiger partial charge on any atom is 0.231 e. The fraction of sp³-hybridized carbons (Fsp3) is 0.348. The monoisotopic (exact) mass is 394 g/mol. The predicted molar refractivity (Wildman–Crippen MR) is 113 cm³/mol. The molecule has 0 fully saturated rings. The lowest BCUT2D eigenvalue weighted by Gasteiger charge is -2.30. The van der Waals surface area contributed by atoms with E-state index >= 15 is 0 Å². The summed E-state index contributed by atoms with van der Waals surface area (Å²) < 4.78 is 17.1. The minimum atomic E-state index is -0.0865. The molecule has 6 heteroatoms. The maximum absolute atomic E-state index is 13.0. The number of hydrogen-bond donors (Lipinski definition) is 0. The zero-order chi connectivity index (χ0) is 20.5. The van der Waals surface area contributed by atoms with Crippen LogP contribution in [0.4, 0.5) is 5.69 Å². The van der Waals surface area contributed by atoms with Gasteiger partial charge >= 0.3 is 0 Å². The van der Waals surface area contributed by atoms with Crippen LogP contribution in [-0.2, 0) is 11.3 Å². The highest BCUT2D eigenvalue weighted by Gasteiger charge is 2.33. The highest BCUT2D eigenvalue weighted by Crippen LogP contribution is 2.43. The van der Waals surface area contributed by atoms with Crippen LogP contribution in [0.5, 0.6) is 11.5 Å². The zero-order valence-corrected chi connectivity index (χ0v) is 17.3. The number of carbonyl (C=O) groups is 1. The summed E-state index contributed by atoms with van der Waals surface area (Å²) in [6.07, 6.45) is 1.80. The lowest BCUT2D eigenvalue weighted by atomic mass is 10.00. The molecule has 0 bridgehead atoms. The van der Waals surface area contributed by atoms with Gasteiger partial charge in [0.2, 0.25) is 5.78 Å². The largest absolute Gasteiger partial charge is 0.477 e. The number of anilines is 1. The number of ether oxygens (including phenoxy) is 3. The Labute approximate surface area is 171 Å². The third-order valence-electron chi connectivity index (χ3n) is 5.32. The number of methoxy groups -OCH3 is 1. The number of rotatable bonds is 5. The minimum Gasteiger partial charge on any atom is -0.477 e. The number of Topliss-reactive ketones (excluding diaryl/α,β-unsaturated/α-hetero) is 1. The molecule has 4 rings (SSSR count). The summed E-state index contributed by atoms with van der Waals surface area (Å²) in [5.41, 5.74) is 4.53. The number of allylic oxidation sites excluding steroid dienone is 1. The number of benzene rings is 2. The fourth-order valence-electron chi connectivity index (χ4n) is 3.68. The molecular weight excluding hydrogens is 368 g/mol. The van der Waals surface area contributed by atoms with Gasteiger partial charge in [0.15, 0.2) is 5.76 Å². The van der Waals surface area contributed by atoms with E-state index in [0.717, 1.165) is 41.2 Å². The van der Waals surface area contributed by atoms with Gasteiger partial charge < -0.3 is 19.1 Å². The summed E-state index contributed by atoms with van der Waals surface area (Å²) >= 11 is 0. The van der Waals surface area contributed by atoms with E-state index in [4.69, 9.17) is 14.2 Å². The van der Waals surface area contributed by atoms with Crippen molar-refractivity contribution in [2.75, 3.05) is 46.0 Å². The van der Waals surface area contributed by atoms with Crippen molar-refractivity contribution in [3.05, 3.63) is 58.3 Å². The van der Waals surface area contributed by atoms with Gasteiger partial charge in [-0.3, -0.25) is 9.69 Å². The second-order valence-corrected chi connectivity index (χ2v) is 7.61. The summed E-state index contributed by atoms with van der Waals surface area (Å²) in [6, 6.07) is 9.92. The van der Waals surface area contributed by atoms with Gasteiger partial charge in [-0.25, -0.2) is 0 Å². The van der Waals surface area contributed by atoms with Crippen molar-refractivity contribution >= 4 is 17.5 Å². The Morgan fingerprint density at radius 3 is 2.66 bits per heavy atom. The lowest BCUT2D eigenvalue weighted by molar-refractivity contribution is 0.0649. The van der Waals surface area contributed by atoms with Crippen LogP contribution in [0.25, 0.3) is 6.08 Å². The van der Waals surface area contributed by atoms with Crippen molar-refractivity contribution in [3.8, 4) is 11.5 Å². The summed E-state index contributed by atoms with van der Waals surface area (Å²) in [6.45, 7) is 4.61. The third kappa shape index (κ3) is 3.73. The molecule has 0 aromatic heterocycles. The van der Waals surface area contributed by atoms with Gasteiger partial charge in [-0.2, -0.15) is 0 Å². The summed E-state index contributed by atoms with van der Waals surface area (Å²) in [7, 11) is 5.68. The van der Waals surface area contributed by atoms with Crippen LogP contribution in [0, 0.1) is 6.92 Å². The van der Waals surface area contributed by atoms with Crippen molar-refractivity contribution in [1.82, 2.24) is 4.90 Å². The van der Waals surface area contributed by atoms with Crippen LogP contribution in [0.2, 0.25) is 0 Å². The van der Waals surface area contributed by atoms with E-state index in [1.807, 2.05) is 56.3 Å². The molecule has 2 aliphatic heterocycles. The second-order valence-electron chi connectivity index (χ2n) is 7.61. The van der Waals surface area contributed by atoms with Gasteiger partial charge in [-0.05, 0) is 36.8 Å². The smallest absolute Gasteiger partial charge is 0.231 e. The van der Waals surface area contributed by atoms with E-state index in [1.54, 1.807) is 13.2 Å². The van der Waals surface area contributed by atoms with Crippen molar-refractivity contribution in [1.29, 1.82) is 0 Å². The molecule has 0 radical (unpaired) electrons. The van der Waals surface area contributed by atoms with E-state index in [1.165, 1.54) is 0 Å². The first kappa shape index (κ1) is 19.5. The zero-order valence-electron chi connectivity index (χ0n) is 17.3. The molecule has 152 valence electrons. The van der Waals surface area contributed by atoms with Crippen molar-refractivity contribution < 1.29 is 19.0 Å². The first-order valence-electron chi connectivity index (χ1n) is 9.70. The molecule has 2 aromatic carbocycles. The minimum absolute atomic E-state index is 0.0865. The first-order chi connectivity index (χ1) is 14.0. The van der Waals surface area contributed by atoms with Crippen molar-refractivity contribution in [2.24, 2.45) is 0 Å². The normalized spacial score (nSPS) is 17.0. The van der Waals surface area contributed by atoms with E-state index < -0.39 is 0 Å². The Balaban J connectivity index is 1.61. The molecule has 0 spiro atoms. The molecule has 0 N–H and O–H groups in total. The van der Waals surface area contributed by atoms with E-state index in [2.05, 4.69) is 4.90 Å². The van der Waals surface area contributed by atoms with E-state index in [-0.39, 0.29) is 5.78 Å². The number of hydrogen-bond acceptors (Lipinski definition) is 6. The molecule has 0 amide bonds. The Kier molecular flexibility index (Phi) is 5.30. The van der Waals surface area contributed by atoms with Crippen molar-refractivity contribution in [2.45, 2.75) is 13.5 Å². The molecule has 2 aliphatic rings. The van der Waals surface area contributed by atoms with Crippen LogP contribution < -0.4 is 14.4 Å². The average Bonchev–Trinajstić information content (AvgIpc) is 3.03. The third-order valence-corrected chi connectivity index (χ3v) is 5.32. The highest BCUT2D eigenvalue weighted by atomic mass is 16.5. The van der Waals surface area contributed by atoms with E-state index in [0.29, 0.717) is 30.4 Å². The molecule has 29 heavy (non-hydrogen) atoms. The number of nitrogens with zero attached hydrogens (tertiary/aromatic N) is 2. The SMILES string of the molecule is COCCN1COc2c(cc3c(c2C)O/C(=C\c2ccc(N(C)C)cc2)C3=O)C1. The molecule has 0 saturated carbocycles.